The number of methoxy groups -OCH3 is 1. The fourth-order valence-electron chi connectivity index (χ4n) is 2.81. The van der Waals surface area contributed by atoms with Crippen LogP contribution in [0.2, 0.25) is 5.02 Å². The number of halogens is 1. The summed E-state index contributed by atoms with van der Waals surface area (Å²) in [6.07, 6.45) is 2.79. The summed E-state index contributed by atoms with van der Waals surface area (Å²) in [4.78, 5) is 21.4. The molecule has 0 radical (unpaired) electrons. The Bertz CT molecular complexity index is 904. The van der Waals surface area contributed by atoms with Crippen LogP contribution in [0.5, 0.6) is 0 Å². The van der Waals surface area contributed by atoms with Gasteiger partial charge in [0.05, 0.1) is 12.3 Å². The number of thiazole rings is 1. The predicted octanol–water partition coefficient (Wildman–Crippen LogP) is 3.89. The molecule has 0 saturated carbocycles. The van der Waals surface area contributed by atoms with Crippen molar-refractivity contribution >= 4 is 33.9 Å². The SMILES string of the molecule is COCCN(CCc1csc2nc(-c3ccc(Cl)cc3)cn12)C(=O)N(C)C. The molecule has 0 atom stereocenters. The average Bonchev–Trinajstić information content (AvgIpc) is 3.23. The van der Waals surface area contributed by atoms with E-state index in [9.17, 15) is 4.79 Å². The lowest BCUT2D eigenvalue weighted by molar-refractivity contribution is 0.135. The van der Waals surface area contributed by atoms with Crippen LogP contribution < -0.4 is 0 Å². The summed E-state index contributed by atoms with van der Waals surface area (Å²) in [6.45, 7) is 1.71. The first-order valence-electron chi connectivity index (χ1n) is 8.66. The van der Waals surface area contributed by atoms with Gasteiger partial charge in [-0.2, -0.15) is 0 Å². The zero-order chi connectivity index (χ0) is 19.4. The molecule has 0 N–H and O–H groups in total. The van der Waals surface area contributed by atoms with Crippen molar-refractivity contribution < 1.29 is 9.53 Å². The number of rotatable bonds is 7. The van der Waals surface area contributed by atoms with Crippen molar-refractivity contribution in [2.24, 2.45) is 0 Å². The third kappa shape index (κ3) is 4.61. The zero-order valence-corrected chi connectivity index (χ0v) is 17.3. The minimum absolute atomic E-state index is 0.00833. The number of amides is 2. The maximum atomic E-state index is 12.4. The summed E-state index contributed by atoms with van der Waals surface area (Å²) in [5, 5.41) is 2.81. The molecule has 0 saturated heterocycles. The lowest BCUT2D eigenvalue weighted by Gasteiger charge is -2.25. The maximum absolute atomic E-state index is 12.4. The van der Waals surface area contributed by atoms with E-state index in [0.717, 1.165) is 28.3 Å². The Kier molecular flexibility index (Phi) is 6.36. The van der Waals surface area contributed by atoms with Crippen molar-refractivity contribution in [1.82, 2.24) is 19.2 Å². The first-order chi connectivity index (χ1) is 13.0. The van der Waals surface area contributed by atoms with Crippen molar-refractivity contribution in [2.45, 2.75) is 6.42 Å². The van der Waals surface area contributed by atoms with Gasteiger partial charge in [0.1, 0.15) is 0 Å². The molecule has 0 spiro atoms. The van der Waals surface area contributed by atoms with Crippen LogP contribution in [0, 0.1) is 0 Å². The fourth-order valence-corrected chi connectivity index (χ4v) is 3.84. The molecule has 27 heavy (non-hydrogen) atoms. The number of nitrogens with zero attached hydrogens (tertiary/aromatic N) is 4. The Labute approximate surface area is 167 Å². The van der Waals surface area contributed by atoms with Gasteiger partial charge in [0.15, 0.2) is 4.96 Å². The Balaban J connectivity index is 1.76. The van der Waals surface area contributed by atoms with E-state index in [-0.39, 0.29) is 6.03 Å². The van der Waals surface area contributed by atoms with Crippen molar-refractivity contribution in [3.8, 4) is 11.3 Å². The summed E-state index contributed by atoms with van der Waals surface area (Å²) in [7, 11) is 5.17. The summed E-state index contributed by atoms with van der Waals surface area (Å²) in [5.74, 6) is 0. The summed E-state index contributed by atoms with van der Waals surface area (Å²) >= 11 is 7.57. The Morgan fingerprint density at radius 3 is 2.67 bits per heavy atom. The molecule has 1 aromatic carbocycles. The highest BCUT2D eigenvalue weighted by Gasteiger charge is 2.16. The molecule has 0 unspecified atom stereocenters. The normalized spacial score (nSPS) is 11.1. The summed E-state index contributed by atoms with van der Waals surface area (Å²) < 4.78 is 7.24. The van der Waals surface area contributed by atoms with Gasteiger partial charge in [-0.1, -0.05) is 23.7 Å². The summed E-state index contributed by atoms with van der Waals surface area (Å²) in [5.41, 5.74) is 3.09. The Morgan fingerprint density at radius 1 is 1.26 bits per heavy atom. The molecule has 2 aromatic heterocycles. The second-order valence-electron chi connectivity index (χ2n) is 6.42. The number of fused-ring (bicyclic) bond motifs is 1. The van der Waals surface area contributed by atoms with E-state index in [2.05, 4.69) is 9.78 Å². The molecule has 8 heteroatoms. The van der Waals surface area contributed by atoms with Crippen molar-refractivity contribution in [3.63, 3.8) is 0 Å². The molecular formula is C19H23ClN4O2S. The number of benzene rings is 1. The lowest BCUT2D eigenvalue weighted by Crippen LogP contribution is -2.42. The van der Waals surface area contributed by atoms with E-state index in [1.807, 2.05) is 35.4 Å². The number of hydrogen-bond donors (Lipinski definition) is 0. The zero-order valence-electron chi connectivity index (χ0n) is 15.7. The van der Waals surface area contributed by atoms with Gasteiger partial charge in [0, 0.05) is 68.6 Å². The lowest BCUT2D eigenvalue weighted by atomic mass is 10.2. The van der Waals surface area contributed by atoms with Crippen LogP contribution in [0.3, 0.4) is 0 Å². The van der Waals surface area contributed by atoms with Crippen LogP contribution in [0.15, 0.2) is 35.8 Å². The maximum Gasteiger partial charge on any atom is 0.319 e. The highest BCUT2D eigenvalue weighted by molar-refractivity contribution is 7.15. The van der Waals surface area contributed by atoms with Gasteiger partial charge in [0.25, 0.3) is 0 Å². The van der Waals surface area contributed by atoms with Crippen LogP contribution in [0.1, 0.15) is 5.69 Å². The van der Waals surface area contributed by atoms with Gasteiger partial charge < -0.3 is 14.5 Å². The van der Waals surface area contributed by atoms with E-state index in [1.165, 1.54) is 0 Å². The van der Waals surface area contributed by atoms with Gasteiger partial charge in [-0.05, 0) is 12.1 Å². The number of hydrogen-bond acceptors (Lipinski definition) is 4. The monoisotopic (exact) mass is 406 g/mol. The average molecular weight is 407 g/mol. The van der Waals surface area contributed by atoms with Crippen molar-refractivity contribution in [1.29, 1.82) is 0 Å². The third-order valence-electron chi connectivity index (χ3n) is 4.28. The number of carbonyl (C=O) groups is 1. The smallest absolute Gasteiger partial charge is 0.319 e. The van der Waals surface area contributed by atoms with Gasteiger partial charge in [-0.15, -0.1) is 11.3 Å². The molecule has 2 heterocycles. The van der Waals surface area contributed by atoms with Crippen molar-refractivity contribution in [2.75, 3.05) is 40.9 Å². The van der Waals surface area contributed by atoms with Crippen LogP contribution in [0.25, 0.3) is 16.2 Å². The van der Waals surface area contributed by atoms with E-state index in [1.54, 1.807) is 37.4 Å². The Morgan fingerprint density at radius 2 is 2.00 bits per heavy atom. The number of urea groups is 1. The van der Waals surface area contributed by atoms with Crippen LogP contribution in [-0.4, -0.2) is 66.1 Å². The van der Waals surface area contributed by atoms with E-state index in [0.29, 0.717) is 24.7 Å². The quantitative estimate of drug-likeness (QED) is 0.598. The van der Waals surface area contributed by atoms with Crippen LogP contribution in [-0.2, 0) is 11.2 Å². The minimum Gasteiger partial charge on any atom is -0.383 e. The van der Waals surface area contributed by atoms with E-state index in [4.69, 9.17) is 21.3 Å². The van der Waals surface area contributed by atoms with Gasteiger partial charge in [-0.3, -0.25) is 4.40 Å². The predicted molar refractivity (Wildman–Crippen MR) is 110 cm³/mol. The highest BCUT2D eigenvalue weighted by Crippen LogP contribution is 2.25. The molecular weight excluding hydrogens is 384 g/mol. The fraction of sp³-hybridized carbons (Fsp3) is 0.368. The molecule has 0 aliphatic rings. The molecule has 3 rings (SSSR count). The molecule has 6 nitrogen and oxygen atoms in total. The molecule has 144 valence electrons. The molecule has 0 fully saturated rings. The van der Waals surface area contributed by atoms with Crippen molar-refractivity contribution in [3.05, 3.63) is 46.6 Å². The number of ether oxygens (including phenoxy) is 1. The van der Waals surface area contributed by atoms with Crippen LogP contribution in [0.4, 0.5) is 4.79 Å². The standard InChI is InChI=1S/C19H23ClN4O2S/c1-22(2)19(25)23(10-11-26-3)9-8-16-13-27-18-21-17(12-24(16)18)14-4-6-15(20)7-5-14/h4-7,12-13H,8-11H2,1-3H3. The third-order valence-corrected chi connectivity index (χ3v) is 5.42. The second kappa shape index (κ2) is 8.73. The molecule has 0 aliphatic heterocycles. The van der Waals surface area contributed by atoms with Crippen LogP contribution >= 0.6 is 22.9 Å². The number of aromatic nitrogens is 2. The van der Waals surface area contributed by atoms with E-state index >= 15 is 0 Å². The second-order valence-corrected chi connectivity index (χ2v) is 7.69. The van der Waals surface area contributed by atoms with Gasteiger partial charge in [0.2, 0.25) is 0 Å². The number of carbonyl (C=O) groups excluding carboxylic acids is 1. The summed E-state index contributed by atoms with van der Waals surface area (Å²) in [6, 6.07) is 7.66. The van der Waals surface area contributed by atoms with Gasteiger partial charge in [-0.25, -0.2) is 9.78 Å². The highest BCUT2D eigenvalue weighted by atomic mass is 35.5. The number of imidazole rings is 1. The largest absolute Gasteiger partial charge is 0.383 e. The van der Waals surface area contributed by atoms with E-state index < -0.39 is 0 Å². The first-order valence-corrected chi connectivity index (χ1v) is 9.92. The topological polar surface area (TPSA) is 50.1 Å². The minimum atomic E-state index is -0.00833. The first kappa shape index (κ1) is 19.7. The van der Waals surface area contributed by atoms with Gasteiger partial charge >= 0.3 is 6.03 Å². The molecule has 2 amide bonds. The Hall–Kier alpha value is -2.09. The molecule has 0 aliphatic carbocycles. The molecule has 0 bridgehead atoms. The molecule has 3 aromatic rings.